The fourth-order valence-corrected chi connectivity index (χ4v) is 8.54. The first-order valence-corrected chi connectivity index (χ1v) is 18.8. The number of fused-ring (bicyclic) bond motifs is 8. The summed E-state index contributed by atoms with van der Waals surface area (Å²) < 4.78 is 9.21. The number of furan rings is 1. The molecule has 0 aliphatic carbocycles. The van der Waals surface area contributed by atoms with E-state index in [4.69, 9.17) is 4.42 Å². The molecule has 0 radical (unpaired) electrons. The van der Waals surface area contributed by atoms with Crippen molar-refractivity contribution in [2.24, 2.45) is 0 Å². The molecule has 0 N–H and O–H groups in total. The molecule has 0 aliphatic heterocycles. The van der Waals surface area contributed by atoms with Crippen LogP contribution in [0.15, 0.2) is 211 Å². The highest BCUT2D eigenvalue weighted by molar-refractivity contribution is 6.25. The number of para-hydroxylation sites is 4. The van der Waals surface area contributed by atoms with Crippen molar-refractivity contribution in [2.75, 3.05) is 4.90 Å². The molecule has 0 amide bonds. The maximum absolute atomic E-state index is 6.79. The van der Waals surface area contributed by atoms with Gasteiger partial charge in [-0.15, -0.1) is 0 Å². The molecular formula is C52H34N2O. The first-order valence-electron chi connectivity index (χ1n) is 18.8. The van der Waals surface area contributed by atoms with Gasteiger partial charge in [0.1, 0.15) is 11.2 Å². The number of aromatic nitrogens is 1. The van der Waals surface area contributed by atoms with E-state index in [-0.39, 0.29) is 0 Å². The fourth-order valence-electron chi connectivity index (χ4n) is 8.54. The third kappa shape index (κ3) is 5.05. The highest BCUT2D eigenvalue weighted by Crippen LogP contribution is 2.45. The normalized spacial score (nSPS) is 11.6. The van der Waals surface area contributed by atoms with E-state index in [0.29, 0.717) is 0 Å². The van der Waals surface area contributed by atoms with Gasteiger partial charge < -0.3 is 13.9 Å². The van der Waals surface area contributed by atoms with E-state index >= 15 is 0 Å². The first-order chi connectivity index (χ1) is 27.3. The number of anilines is 3. The zero-order valence-corrected chi connectivity index (χ0v) is 29.9. The minimum absolute atomic E-state index is 0.855. The molecule has 0 bridgehead atoms. The van der Waals surface area contributed by atoms with Gasteiger partial charge >= 0.3 is 0 Å². The van der Waals surface area contributed by atoms with Gasteiger partial charge in [-0.1, -0.05) is 140 Å². The molecule has 258 valence electrons. The van der Waals surface area contributed by atoms with Crippen molar-refractivity contribution in [3.05, 3.63) is 206 Å². The average molecular weight is 703 g/mol. The van der Waals surface area contributed by atoms with Gasteiger partial charge in [-0.25, -0.2) is 0 Å². The summed E-state index contributed by atoms with van der Waals surface area (Å²) >= 11 is 0. The second kappa shape index (κ2) is 12.6. The summed E-state index contributed by atoms with van der Waals surface area (Å²) in [6.07, 6.45) is 0. The minimum Gasteiger partial charge on any atom is -0.456 e. The molecule has 3 nitrogen and oxygen atoms in total. The Morgan fingerprint density at radius 1 is 0.382 bits per heavy atom. The van der Waals surface area contributed by atoms with Crippen LogP contribution in [-0.2, 0) is 0 Å². The van der Waals surface area contributed by atoms with E-state index in [1.807, 2.05) is 0 Å². The topological polar surface area (TPSA) is 21.3 Å². The maximum Gasteiger partial charge on any atom is 0.137 e. The lowest BCUT2D eigenvalue weighted by Gasteiger charge is -2.25. The monoisotopic (exact) mass is 702 g/mol. The Balaban J connectivity index is 1.12. The molecule has 9 aromatic carbocycles. The molecule has 55 heavy (non-hydrogen) atoms. The molecule has 0 atom stereocenters. The third-order valence-corrected chi connectivity index (χ3v) is 11.0. The van der Waals surface area contributed by atoms with Gasteiger partial charge in [0.05, 0.1) is 11.0 Å². The van der Waals surface area contributed by atoms with Crippen molar-refractivity contribution in [3.63, 3.8) is 0 Å². The van der Waals surface area contributed by atoms with Crippen molar-refractivity contribution in [1.29, 1.82) is 0 Å². The molecule has 2 heterocycles. The SMILES string of the molecule is c1ccc(-c2ccc(N(c3ccccc3)c3ccc4c(c3)oc3ccc5cccc(-c6cccc7c8ccccc8n(-c8ccccc8)c67)c5c34)cc2)cc1. The van der Waals surface area contributed by atoms with Gasteiger partial charge in [0, 0.05) is 61.3 Å². The van der Waals surface area contributed by atoms with E-state index < -0.39 is 0 Å². The van der Waals surface area contributed by atoms with Crippen LogP contribution in [0.5, 0.6) is 0 Å². The smallest absolute Gasteiger partial charge is 0.137 e. The Bertz CT molecular complexity index is 3180. The van der Waals surface area contributed by atoms with E-state index in [9.17, 15) is 0 Å². The molecule has 0 spiro atoms. The lowest BCUT2D eigenvalue weighted by Crippen LogP contribution is -2.09. The van der Waals surface area contributed by atoms with Crippen molar-refractivity contribution >= 4 is 71.6 Å². The van der Waals surface area contributed by atoms with Crippen LogP contribution in [0.1, 0.15) is 0 Å². The molecule has 0 fully saturated rings. The van der Waals surface area contributed by atoms with Gasteiger partial charge in [0.25, 0.3) is 0 Å². The Morgan fingerprint density at radius 2 is 1.02 bits per heavy atom. The average Bonchev–Trinajstić information content (AvgIpc) is 3.81. The van der Waals surface area contributed by atoms with E-state index in [0.717, 1.165) is 44.7 Å². The van der Waals surface area contributed by atoms with Gasteiger partial charge in [0.15, 0.2) is 0 Å². The van der Waals surface area contributed by atoms with Crippen molar-refractivity contribution in [1.82, 2.24) is 4.57 Å². The molecule has 0 aliphatic rings. The van der Waals surface area contributed by atoms with Crippen LogP contribution in [0.4, 0.5) is 17.1 Å². The summed E-state index contributed by atoms with van der Waals surface area (Å²) in [5, 5.41) is 7.08. The summed E-state index contributed by atoms with van der Waals surface area (Å²) in [4.78, 5) is 2.30. The summed E-state index contributed by atoms with van der Waals surface area (Å²) in [6.45, 7) is 0. The zero-order valence-electron chi connectivity index (χ0n) is 29.9. The summed E-state index contributed by atoms with van der Waals surface area (Å²) in [5.41, 5.74) is 13.2. The fraction of sp³-hybridized carbons (Fsp3) is 0. The second-order valence-corrected chi connectivity index (χ2v) is 14.1. The quantitative estimate of drug-likeness (QED) is 0.172. The number of benzene rings is 9. The summed E-state index contributed by atoms with van der Waals surface area (Å²) in [6, 6.07) is 73.7. The van der Waals surface area contributed by atoms with Crippen LogP contribution in [0, 0.1) is 0 Å². The molecule has 0 saturated carbocycles. The largest absolute Gasteiger partial charge is 0.456 e. The molecular weight excluding hydrogens is 669 g/mol. The molecule has 11 aromatic rings. The Labute approximate surface area is 318 Å². The molecule has 0 saturated heterocycles. The number of hydrogen-bond acceptors (Lipinski definition) is 2. The summed E-state index contributed by atoms with van der Waals surface area (Å²) in [7, 11) is 0. The van der Waals surface area contributed by atoms with Crippen molar-refractivity contribution < 1.29 is 4.42 Å². The molecule has 11 rings (SSSR count). The number of hydrogen-bond donors (Lipinski definition) is 0. The number of rotatable bonds is 6. The lowest BCUT2D eigenvalue weighted by molar-refractivity contribution is 0.669. The van der Waals surface area contributed by atoms with Crippen LogP contribution in [0.2, 0.25) is 0 Å². The lowest BCUT2D eigenvalue weighted by atomic mass is 9.93. The summed E-state index contributed by atoms with van der Waals surface area (Å²) in [5.74, 6) is 0. The molecule has 0 unspecified atom stereocenters. The van der Waals surface area contributed by atoms with Crippen LogP contribution in [0.25, 0.3) is 82.5 Å². The van der Waals surface area contributed by atoms with Crippen molar-refractivity contribution in [2.45, 2.75) is 0 Å². The Hall–Kier alpha value is -7.36. The van der Waals surface area contributed by atoms with Gasteiger partial charge in [-0.3, -0.25) is 0 Å². The van der Waals surface area contributed by atoms with Crippen LogP contribution < -0.4 is 4.90 Å². The first kappa shape index (κ1) is 31.2. The third-order valence-electron chi connectivity index (χ3n) is 11.0. The van der Waals surface area contributed by atoms with Crippen molar-refractivity contribution in [3.8, 4) is 27.9 Å². The van der Waals surface area contributed by atoms with Gasteiger partial charge in [-0.2, -0.15) is 0 Å². The van der Waals surface area contributed by atoms with Crippen LogP contribution >= 0.6 is 0 Å². The predicted molar refractivity (Wildman–Crippen MR) is 231 cm³/mol. The molecule has 2 aromatic heterocycles. The molecule has 3 heteroatoms. The predicted octanol–water partition coefficient (Wildman–Crippen LogP) is 14.6. The van der Waals surface area contributed by atoms with E-state index in [1.54, 1.807) is 0 Å². The second-order valence-electron chi connectivity index (χ2n) is 14.1. The van der Waals surface area contributed by atoms with Gasteiger partial charge in [-0.05, 0) is 82.7 Å². The Kier molecular flexibility index (Phi) is 7.17. The van der Waals surface area contributed by atoms with Gasteiger partial charge in [0.2, 0.25) is 0 Å². The number of nitrogens with zero attached hydrogens (tertiary/aromatic N) is 2. The highest BCUT2D eigenvalue weighted by Gasteiger charge is 2.21. The minimum atomic E-state index is 0.855. The maximum atomic E-state index is 6.79. The zero-order chi connectivity index (χ0) is 36.3. The highest BCUT2D eigenvalue weighted by atomic mass is 16.3. The standard InChI is InChI=1S/C52H34N2O/c1-4-14-35(15-5-1)36-26-29-40(30-27-36)53(38-17-6-2-7-18-38)41-31-32-46-49(34-41)55-48-33-28-37-16-12-22-43(50(37)51(46)48)45-24-13-23-44-42-21-10-11-25-47(42)54(52(44)45)39-19-8-3-9-20-39/h1-34H. The van der Waals surface area contributed by atoms with E-state index in [1.165, 1.54) is 54.8 Å². The Morgan fingerprint density at radius 3 is 1.84 bits per heavy atom. The van der Waals surface area contributed by atoms with Crippen LogP contribution in [0.3, 0.4) is 0 Å². The van der Waals surface area contributed by atoms with Crippen LogP contribution in [-0.4, -0.2) is 4.57 Å². The van der Waals surface area contributed by atoms with E-state index in [2.05, 4.69) is 216 Å².